The summed E-state index contributed by atoms with van der Waals surface area (Å²) in [6.07, 6.45) is 12.3. The molecule has 1 amide bonds. The van der Waals surface area contributed by atoms with Gasteiger partial charge in [0.2, 0.25) is 5.79 Å². The van der Waals surface area contributed by atoms with Crippen LogP contribution in [-0.2, 0) is 47.7 Å². The van der Waals surface area contributed by atoms with Crippen molar-refractivity contribution in [1.82, 2.24) is 4.90 Å². The van der Waals surface area contributed by atoms with E-state index in [9.17, 15) is 39.3 Å². The van der Waals surface area contributed by atoms with E-state index in [1.165, 1.54) is 18.9 Å². The fourth-order valence-electron chi connectivity index (χ4n) is 10.1. The second-order valence-corrected chi connectivity index (χ2v) is 19.7. The molecule has 0 aromatic rings. The summed E-state index contributed by atoms with van der Waals surface area (Å²) in [7, 11) is 4.52. The topological polar surface area (TPSA) is 195 Å². The van der Waals surface area contributed by atoms with E-state index in [4.69, 9.17) is 23.7 Å². The number of ketones is 3. The normalized spacial score (nSPS) is 40.4. The lowest BCUT2D eigenvalue weighted by Crippen LogP contribution is -2.61. The van der Waals surface area contributed by atoms with Gasteiger partial charge < -0.3 is 43.9 Å². The highest BCUT2D eigenvalue weighted by molar-refractivity contribution is 6.39. The number of aliphatic hydroxyl groups excluding tert-OH is 1. The number of carbonyl (C=O) groups is 5. The second kappa shape index (κ2) is 24.6. The first-order valence-corrected chi connectivity index (χ1v) is 23.9. The lowest BCUT2D eigenvalue weighted by Gasteiger charge is -2.42. The van der Waals surface area contributed by atoms with E-state index >= 15 is 0 Å². The van der Waals surface area contributed by atoms with Crippen molar-refractivity contribution < 1.29 is 63.0 Å². The third-order valence-corrected chi connectivity index (χ3v) is 14.6. The first-order valence-electron chi connectivity index (χ1n) is 23.9. The maximum atomic E-state index is 14.3. The van der Waals surface area contributed by atoms with Gasteiger partial charge in [-0.2, -0.15) is 0 Å². The van der Waals surface area contributed by atoms with Gasteiger partial charge in [0.25, 0.3) is 11.7 Å². The Hall–Kier alpha value is -3.37. The van der Waals surface area contributed by atoms with Crippen LogP contribution < -0.4 is 0 Å². The number of rotatable bonds is 6. The maximum Gasteiger partial charge on any atom is 0.329 e. The molecule has 1 aliphatic carbocycles. The quantitative estimate of drug-likeness (QED) is 0.152. The highest BCUT2D eigenvalue weighted by Gasteiger charge is 2.53. The number of methoxy groups -OCH3 is 3. The molecule has 14 nitrogen and oxygen atoms in total. The van der Waals surface area contributed by atoms with Crippen molar-refractivity contribution in [3.05, 3.63) is 47.6 Å². The molecule has 14 atom stereocenters. The third-order valence-electron chi connectivity index (χ3n) is 14.6. The molecule has 0 spiro atoms. The van der Waals surface area contributed by atoms with E-state index < -0.39 is 77.4 Å². The molecule has 4 aliphatic rings. The molecule has 3 heterocycles. The number of piperidine rings is 1. The van der Waals surface area contributed by atoms with E-state index in [0.717, 1.165) is 12.0 Å². The smallest absolute Gasteiger partial charge is 0.329 e. The van der Waals surface area contributed by atoms with Gasteiger partial charge in [0.15, 0.2) is 5.78 Å². The average Bonchev–Trinajstić information content (AvgIpc) is 3.27. The van der Waals surface area contributed by atoms with Crippen molar-refractivity contribution >= 4 is 29.2 Å². The highest BCUT2D eigenvalue weighted by Crippen LogP contribution is 2.38. The van der Waals surface area contributed by atoms with Crippen LogP contribution in [0.3, 0.4) is 0 Å². The van der Waals surface area contributed by atoms with Crippen LogP contribution in [0.1, 0.15) is 132 Å². The zero-order chi connectivity index (χ0) is 48.2. The van der Waals surface area contributed by atoms with Crippen LogP contribution in [0, 0.1) is 29.6 Å². The Kier molecular flexibility index (Phi) is 20.5. The molecular weight excluding hydrogens is 835 g/mol. The van der Waals surface area contributed by atoms with Gasteiger partial charge in [0, 0.05) is 59.0 Å². The number of cyclic esters (lactones) is 1. The second-order valence-electron chi connectivity index (χ2n) is 19.7. The van der Waals surface area contributed by atoms with Crippen molar-refractivity contribution in [1.29, 1.82) is 0 Å². The fourth-order valence-corrected chi connectivity index (χ4v) is 10.1. The van der Waals surface area contributed by atoms with Crippen molar-refractivity contribution in [2.45, 2.75) is 186 Å². The number of hydrogen-bond acceptors (Lipinski definition) is 13. The van der Waals surface area contributed by atoms with Crippen LogP contribution in [-0.4, -0.2) is 131 Å². The van der Waals surface area contributed by atoms with Crippen LogP contribution in [0.4, 0.5) is 0 Å². The monoisotopic (exact) mass is 914 g/mol. The number of allylic oxidation sites excluding steroid dienone is 6. The number of fused-ring (bicyclic) bond motifs is 3. The van der Waals surface area contributed by atoms with Crippen LogP contribution in [0.25, 0.3) is 0 Å². The number of nitrogens with zero attached hydrogens (tertiary/aromatic N) is 1. The lowest BCUT2D eigenvalue weighted by atomic mass is 9.78. The minimum atomic E-state index is -2.43. The Morgan fingerprint density at radius 2 is 1.60 bits per heavy atom. The Bertz CT molecular complexity index is 1770. The Balaban J connectivity index is 1.70. The van der Waals surface area contributed by atoms with Crippen molar-refractivity contribution in [2.75, 3.05) is 27.9 Å². The number of amides is 1. The molecule has 3 fully saturated rings. The highest BCUT2D eigenvalue weighted by atomic mass is 16.6. The summed E-state index contributed by atoms with van der Waals surface area (Å²) in [5, 5.41) is 34.2. The molecule has 65 heavy (non-hydrogen) atoms. The summed E-state index contributed by atoms with van der Waals surface area (Å²) in [6.45, 7) is 12.6. The van der Waals surface area contributed by atoms with Gasteiger partial charge in [-0.1, -0.05) is 64.2 Å². The number of Topliss-reactive ketones (excluding diaryl/α,β-unsaturated/α-hetero) is 3. The fraction of sp³-hybridized carbons (Fsp3) is 0.745. The van der Waals surface area contributed by atoms with E-state index in [2.05, 4.69) is 0 Å². The number of aliphatic hydroxyl groups is 3. The summed E-state index contributed by atoms with van der Waals surface area (Å²) in [5.74, 6) is -7.25. The summed E-state index contributed by atoms with van der Waals surface area (Å²) in [6, 6.07) is -1.14. The summed E-state index contributed by atoms with van der Waals surface area (Å²) in [4.78, 5) is 71.6. The molecule has 4 rings (SSSR count). The molecule has 0 unspecified atom stereocenters. The van der Waals surface area contributed by atoms with E-state index in [0.29, 0.717) is 63.4 Å². The standard InChI is InChI=1S/C51H79NO13/c1-31-16-12-11-13-17-32(2)42(61-8)30-39-23-20-36(6)51(60,65-39)46(56)48(57)52-25-15-14-18-40(52)49(58)64-43(33(3)27-37-21-24-41(54)44(28-37)62-9)29-38(53)22-19-35(5)50(7,59)47(63-10)45(55)34(4)26-31/h11-13,16-17,19,31,33-34,36-37,39-44,47,54,59-60H,14-15,18,20-30H2,1-10H3/b13-11+,16-12+,32-17+,35-19+/t31-,33-,34-,36-,37+,39+,40+,41-,42+,43+,44-,47+,50-,51-/m1/s1. The molecule has 2 bridgehead atoms. The van der Waals surface area contributed by atoms with Crippen LogP contribution >= 0.6 is 0 Å². The summed E-state index contributed by atoms with van der Waals surface area (Å²) >= 11 is 0. The molecule has 0 aromatic carbocycles. The van der Waals surface area contributed by atoms with Gasteiger partial charge in [-0.25, -0.2) is 4.79 Å². The van der Waals surface area contributed by atoms with Gasteiger partial charge in [-0.15, -0.1) is 0 Å². The number of ether oxygens (including phenoxy) is 5. The van der Waals surface area contributed by atoms with Crippen molar-refractivity contribution in [2.24, 2.45) is 29.6 Å². The maximum absolute atomic E-state index is 14.3. The zero-order valence-corrected chi connectivity index (χ0v) is 40.7. The molecular formula is C51H79NO13. The minimum Gasteiger partial charge on any atom is -0.460 e. The summed E-state index contributed by atoms with van der Waals surface area (Å²) < 4.78 is 29.4. The average molecular weight is 914 g/mol. The molecule has 3 N–H and O–H groups in total. The summed E-state index contributed by atoms with van der Waals surface area (Å²) in [5.41, 5.74) is -0.485. The van der Waals surface area contributed by atoms with Crippen LogP contribution in [0.5, 0.6) is 0 Å². The number of hydrogen-bond donors (Lipinski definition) is 3. The van der Waals surface area contributed by atoms with E-state index in [1.807, 2.05) is 58.1 Å². The Morgan fingerprint density at radius 3 is 2.28 bits per heavy atom. The van der Waals surface area contributed by atoms with E-state index in [1.54, 1.807) is 34.1 Å². The predicted molar refractivity (Wildman–Crippen MR) is 245 cm³/mol. The SMILES string of the molecule is CO[C@H]1C[C@@H]2CC[C@@H](C)[C@@](O)(O2)C(=O)C(=O)N2CCCC[C@H]2C(=O)O[C@H]([C@H](C)C[C@@H]2CC[C@@H](O)[C@H](OC)C2)CC(=O)C/C=C(\C)[C@@](C)(O)[C@@H](OC)C(=O)[C@H](C)C[C@H](C)/C=C/C=C/C=C/1C. The lowest BCUT2D eigenvalue weighted by molar-refractivity contribution is -0.265. The van der Waals surface area contributed by atoms with Gasteiger partial charge in [0.1, 0.15) is 29.6 Å². The molecule has 1 saturated carbocycles. The van der Waals surface area contributed by atoms with Gasteiger partial charge >= 0.3 is 5.97 Å². The van der Waals surface area contributed by atoms with E-state index in [-0.39, 0.29) is 61.2 Å². The minimum absolute atomic E-state index is 0.0126. The van der Waals surface area contributed by atoms with Crippen LogP contribution in [0.15, 0.2) is 47.6 Å². The molecule has 14 heteroatoms. The predicted octanol–water partition coefficient (Wildman–Crippen LogP) is 6.32. The van der Waals surface area contributed by atoms with Gasteiger partial charge in [-0.3, -0.25) is 19.2 Å². The number of esters is 1. The third kappa shape index (κ3) is 14.1. The van der Waals surface area contributed by atoms with Crippen molar-refractivity contribution in [3.63, 3.8) is 0 Å². The Morgan fingerprint density at radius 1 is 0.877 bits per heavy atom. The molecule has 3 aliphatic heterocycles. The van der Waals surface area contributed by atoms with Gasteiger partial charge in [0.05, 0.1) is 24.4 Å². The molecule has 0 radical (unpaired) electrons. The molecule has 366 valence electrons. The number of carbonyl (C=O) groups excluding carboxylic acids is 5. The zero-order valence-electron chi connectivity index (χ0n) is 40.7. The van der Waals surface area contributed by atoms with Crippen LogP contribution in [0.2, 0.25) is 0 Å². The first kappa shape index (κ1) is 54.2. The Labute approximate surface area is 387 Å². The first-order chi connectivity index (χ1) is 30.7. The van der Waals surface area contributed by atoms with Crippen molar-refractivity contribution in [3.8, 4) is 0 Å². The largest absolute Gasteiger partial charge is 0.460 e. The molecule has 2 saturated heterocycles. The molecule has 0 aromatic heterocycles. The van der Waals surface area contributed by atoms with Gasteiger partial charge in [-0.05, 0) is 114 Å².